The van der Waals surface area contributed by atoms with E-state index >= 15 is 0 Å². The van der Waals surface area contributed by atoms with Gasteiger partial charge in [-0.15, -0.1) is 10.2 Å². The molecule has 11 heteroatoms. The summed E-state index contributed by atoms with van der Waals surface area (Å²) in [6.07, 6.45) is 3.52. The van der Waals surface area contributed by atoms with Crippen molar-refractivity contribution in [1.82, 2.24) is 25.7 Å². The van der Waals surface area contributed by atoms with Crippen LogP contribution in [-0.4, -0.2) is 37.4 Å². The number of H-pyrrole nitrogens is 1. The minimum Gasteiger partial charge on any atom is -0.478 e. The van der Waals surface area contributed by atoms with Crippen LogP contribution in [0.3, 0.4) is 0 Å². The zero-order chi connectivity index (χ0) is 28.7. The van der Waals surface area contributed by atoms with E-state index in [0.717, 1.165) is 5.56 Å². The smallest absolute Gasteiger partial charge is 0.335 e. The van der Waals surface area contributed by atoms with Crippen LogP contribution < -0.4 is 5.32 Å². The molecular formula is C30H21F2N5O4. The number of hydrogen-bond acceptors (Lipinski definition) is 6. The van der Waals surface area contributed by atoms with Crippen molar-refractivity contribution in [3.63, 3.8) is 0 Å². The van der Waals surface area contributed by atoms with Crippen molar-refractivity contribution in [1.29, 1.82) is 0 Å². The molecule has 1 atom stereocenters. The highest BCUT2D eigenvalue weighted by atomic mass is 19.1. The van der Waals surface area contributed by atoms with Crippen LogP contribution in [0.1, 0.15) is 55.2 Å². The van der Waals surface area contributed by atoms with E-state index in [9.17, 15) is 23.5 Å². The molecule has 0 aliphatic carbocycles. The highest BCUT2D eigenvalue weighted by Crippen LogP contribution is 2.36. The molecule has 2 aromatic heterocycles. The fraction of sp³-hybridized carbons (Fsp3) is 0.100. The maximum atomic E-state index is 14.5. The van der Waals surface area contributed by atoms with E-state index in [1.165, 1.54) is 42.5 Å². The lowest BCUT2D eigenvalue weighted by Crippen LogP contribution is -2.37. The normalized spacial score (nSPS) is 14.7. The summed E-state index contributed by atoms with van der Waals surface area (Å²) in [5.74, 6) is -2.18. The standard InChI is InChI=1S/C30H21F2N5O4/c1-15-2-11-21(32)26-20(15)14-23(33-28(26)38)27-25(16-3-5-18(6-4-16)30(39)40)22(34-36-27)12-13-24-35-37-29(41-24)17-7-9-19(31)10-8-17/h2-13,23H,14H2,1H3,(H,33,38)(H,34,36)(H,39,40)/b13-12+. The predicted molar refractivity (Wildman–Crippen MR) is 145 cm³/mol. The molecule has 41 heavy (non-hydrogen) atoms. The number of aromatic nitrogens is 4. The average molecular weight is 554 g/mol. The molecule has 1 aliphatic rings. The fourth-order valence-corrected chi connectivity index (χ4v) is 4.88. The van der Waals surface area contributed by atoms with E-state index < -0.39 is 23.7 Å². The Bertz CT molecular complexity index is 1820. The number of amides is 1. The lowest BCUT2D eigenvalue weighted by Gasteiger charge is -2.27. The van der Waals surface area contributed by atoms with Crippen LogP contribution in [-0.2, 0) is 6.42 Å². The third-order valence-electron chi connectivity index (χ3n) is 6.94. The molecule has 1 unspecified atom stereocenters. The van der Waals surface area contributed by atoms with Crippen LogP contribution >= 0.6 is 0 Å². The van der Waals surface area contributed by atoms with Gasteiger partial charge in [-0.05, 0) is 78.6 Å². The Morgan fingerprint density at radius 1 is 0.976 bits per heavy atom. The topological polar surface area (TPSA) is 134 Å². The van der Waals surface area contributed by atoms with Gasteiger partial charge in [-0.3, -0.25) is 9.89 Å². The molecule has 0 radical (unpaired) electrons. The summed E-state index contributed by atoms with van der Waals surface area (Å²) in [5.41, 5.74) is 4.38. The summed E-state index contributed by atoms with van der Waals surface area (Å²) in [6, 6.07) is 14.2. The maximum absolute atomic E-state index is 14.5. The molecule has 0 saturated carbocycles. The number of aromatic carboxylic acids is 1. The summed E-state index contributed by atoms with van der Waals surface area (Å²) < 4.78 is 33.5. The van der Waals surface area contributed by atoms with Crippen molar-refractivity contribution in [3.8, 4) is 22.6 Å². The number of nitrogens with zero attached hydrogens (tertiary/aromatic N) is 3. The quantitative estimate of drug-likeness (QED) is 0.249. The van der Waals surface area contributed by atoms with E-state index in [4.69, 9.17) is 4.42 Å². The molecule has 204 valence electrons. The Labute approximate surface area is 231 Å². The zero-order valence-corrected chi connectivity index (χ0v) is 21.5. The molecule has 0 fully saturated rings. The third kappa shape index (κ3) is 4.89. The van der Waals surface area contributed by atoms with Crippen LogP contribution in [0.2, 0.25) is 0 Å². The van der Waals surface area contributed by atoms with Gasteiger partial charge in [0.05, 0.1) is 28.6 Å². The van der Waals surface area contributed by atoms with Gasteiger partial charge in [0.2, 0.25) is 11.8 Å². The summed E-state index contributed by atoms with van der Waals surface area (Å²) in [5, 5.41) is 27.7. The van der Waals surface area contributed by atoms with Gasteiger partial charge < -0.3 is 14.8 Å². The van der Waals surface area contributed by atoms with Crippen LogP contribution in [0, 0.1) is 18.6 Å². The van der Waals surface area contributed by atoms with Crippen LogP contribution in [0.25, 0.3) is 34.7 Å². The zero-order valence-electron chi connectivity index (χ0n) is 21.5. The van der Waals surface area contributed by atoms with Gasteiger partial charge in [-0.1, -0.05) is 18.2 Å². The van der Waals surface area contributed by atoms with E-state index in [-0.39, 0.29) is 28.7 Å². The number of hydrogen-bond donors (Lipinski definition) is 3. The van der Waals surface area contributed by atoms with Gasteiger partial charge in [0.15, 0.2) is 0 Å². The van der Waals surface area contributed by atoms with E-state index in [1.54, 1.807) is 30.4 Å². The number of halogens is 2. The number of fused-ring (bicyclic) bond motifs is 1. The lowest BCUT2D eigenvalue weighted by atomic mass is 9.87. The second-order valence-corrected chi connectivity index (χ2v) is 9.51. The molecule has 3 N–H and O–H groups in total. The van der Waals surface area contributed by atoms with Gasteiger partial charge in [-0.25, -0.2) is 13.6 Å². The number of carbonyl (C=O) groups excluding carboxylic acids is 1. The summed E-state index contributed by atoms with van der Waals surface area (Å²) in [4.78, 5) is 24.4. The lowest BCUT2D eigenvalue weighted by molar-refractivity contribution is 0.0696. The second-order valence-electron chi connectivity index (χ2n) is 9.51. The molecule has 1 aliphatic heterocycles. The SMILES string of the molecule is Cc1ccc(F)c2c1CC(c1[nH]nc(/C=C/c3nnc(-c4ccc(F)cc4)o3)c1-c1ccc(C(=O)O)cc1)NC2=O. The first-order valence-electron chi connectivity index (χ1n) is 12.6. The number of rotatable bonds is 6. The molecule has 3 heterocycles. The number of aryl methyl sites for hydroxylation is 1. The Kier molecular flexibility index (Phi) is 6.46. The molecule has 0 saturated heterocycles. The molecule has 5 aromatic rings. The Morgan fingerprint density at radius 2 is 1.71 bits per heavy atom. The molecular weight excluding hydrogens is 532 g/mol. The van der Waals surface area contributed by atoms with Gasteiger partial charge in [0.25, 0.3) is 5.91 Å². The number of carboxylic acids is 1. The molecule has 0 bridgehead atoms. The minimum absolute atomic E-state index is 0.0293. The number of aromatic amines is 1. The Hall–Kier alpha value is -5.45. The van der Waals surface area contributed by atoms with Crippen LogP contribution in [0.5, 0.6) is 0 Å². The van der Waals surface area contributed by atoms with Crippen molar-refractivity contribution in [3.05, 3.63) is 112 Å². The van der Waals surface area contributed by atoms with Gasteiger partial charge in [0.1, 0.15) is 11.6 Å². The Morgan fingerprint density at radius 3 is 2.44 bits per heavy atom. The highest BCUT2D eigenvalue weighted by Gasteiger charge is 2.32. The summed E-state index contributed by atoms with van der Waals surface area (Å²) in [6.45, 7) is 1.82. The number of benzene rings is 3. The molecule has 9 nitrogen and oxygen atoms in total. The minimum atomic E-state index is -1.06. The van der Waals surface area contributed by atoms with Gasteiger partial charge in [0, 0.05) is 17.2 Å². The fourth-order valence-electron chi connectivity index (χ4n) is 4.88. The third-order valence-corrected chi connectivity index (χ3v) is 6.94. The number of carbonyl (C=O) groups is 2. The van der Waals surface area contributed by atoms with Crippen molar-refractivity contribution >= 4 is 24.0 Å². The summed E-state index contributed by atoms with van der Waals surface area (Å²) >= 11 is 0. The van der Waals surface area contributed by atoms with Crippen LogP contribution in [0.15, 0.2) is 65.1 Å². The number of nitrogens with one attached hydrogen (secondary N) is 2. The van der Waals surface area contributed by atoms with Crippen molar-refractivity contribution < 1.29 is 27.9 Å². The van der Waals surface area contributed by atoms with Crippen molar-refractivity contribution in [2.75, 3.05) is 0 Å². The van der Waals surface area contributed by atoms with E-state index in [1.807, 2.05) is 6.92 Å². The highest BCUT2D eigenvalue weighted by molar-refractivity contribution is 5.98. The van der Waals surface area contributed by atoms with E-state index in [2.05, 4.69) is 25.7 Å². The van der Waals surface area contributed by atoms with Gasteiger partial charge >= 0.3 is 5.97 Å². The first kappa shape index (κ1) is 25.8. The predicted octanol–water partition coefficient (Wildman–Crippen LogP) is 5.61. The van der Waals surface area contributed by atoms with Crippen molar-refractivity contribution in [2.45, 2.75) is 19.4 Å². The van der Waals surface area contributed by atoms with Crippen LogP contribution in [0.4, 0.5) is 8.78 Å². The van der Waals surface area contributed by atoms with E-state index in [0.29, 0.717) is 40.1 Å². The second kappa shape index (κ2) is 10.3. The first-order valence-corrected chi connectivity index (χ1v) is 12.6. The Balaban J connectivity index is 1.39. The molecule has 1 amide bonds. The summed E-state index contributed by atoms with van der Waals surface area (Å²) in [7, 11) is 0. The van der Waals surface area contributed by atoms with Gasteiger partial charge in [-0.2, -0.15) is 5.10 Å². The number of carboxylic acid groups (broad SMARTS) is 1. The monoisotopic (exact) mass is 553 g/mol. The largest absolute Gasteiger partial charge is 0.478 e. The molecule has 3 aromatic carbocycles. The van der Waals surface area contributed by atoms with Crippen molar-refractivity contribution in [2.24, 2.45) is 0 Å². The molecule has 0 spiro atoms. The molecule has 6 rings (SSSR count). The maximum Gasteiger partial charge on any atom is 0.335 e. The average Bonchev–Trinajstić information content (AvgIpc) is 3.61. The first-order chi connectivity index (χ1) is 19.8.